The number of aromatic nitrogens is 3. The summed E-state index contributed by atoms with van der Waals surface area (Å²) >= 11 is 1.91. The highest BCUT2D eigenvalue weighted by atomic mass is 32.2. The number of rotatable bonds is 0. The second-order valence-electron chi connectivity index (χ2n) is 6.42. The maximum atomic E-state index is 4.93. The predicted octanol–water partition coefficient (Wildman–Crippen LogP) is 4.14. The van der Waals surface area contributed by atoms with Crippen molar-refractivity contribution < 1.29 is 0 Å². The highest BCUT2D eigenvalue weighted by molar-refractivity contribution is 8.01. The number of thioether (sulfide) groups is 1. The molecule has 2 aliphatic heterocycles. The summed E-state index contributed by atoms with van der Waals surface area (Å²) in [6, 6.07) is 13.1. The van der Waals surface area contributed by atoms with E-state index in [0.29, 0.717) is 11.2 Å². The number of hydrogen-bond donors (Lipinski definition) is 0. The first-order valence-electron chi connectivity index (χ1n) is 8.07. The Labute approximate surface area is 142 Å². The fourth-order valence-electron chi connectivity index (χ4n) is 3.99. The van der Waals surface area contributed by atoms with Crippen LogP contribution in [0.3, 0.4) is 0 Å². The van der Waals surface area contributed by atoms with Gasteiger partial charge < -0.3 is 4.57 Å². The first-order valence-corrected chi connectivity index (χ1v) is 8.95. The Morgan fingerprint density at radius 3 is 2.88 bits per heavy atom. The van der Waals surface area contributed by atoms with Crippen LogP contribution >= 0.6 is 11.8 Å². The molecule has 0 aliphatic carbocycles. The van der Waals surface area contributed by atoms with Crippen molar-refractivity contribution in [2.75, 3.05) is 0 Å². The highest BCUT2D eigenvalue weighted by Crippen LogP contribution is 2.48. The third-order valence-electron chi connectivity index (χ3n) is 5.14. The Hall–Kier alpha value is -2.53. The Kier molecular flexibility index (Phi) is 2.30. The lowest BCUT2D eigenvalue weighted by Crippen LogP contribution is -2.11. The minimum absolute atomic E-state index is 0.421. The van der Waals surface area contributed by atoms with Crippen molar-refractivity contribution in [2.24, 2.45) is 12.0 Å². The summed E-state index contributed by atoms with van der Waals surface area (Å²) in [5.74, 6) is 1.42. The second-order valence-corrected chi connectivity index (χ2v) is 7.64. The molecular weight excluding hydrogens is 316 g/mol. The lowest BCUT2D eigenvalue weighted by atomic mass is 9.95. The summed E-state index contributed by atoms with van der Waals surface area (Å²) in [5, 5.41) is 0.421. The van der Waals surface area contributed by atoms with Gasteiger partial charge in [0.2, 0.25) is 5.78 Å². The van der Waals surface area contributed by atoms with Gasteiger partial charge in [0, 0.05) is 30.3 Å². The quantitative estimate of drug-likeness (QED) is 0.486. The van der Waals surface area contributed by atoms with Gasteiger partial charge in [0.15, 0.2) is 0 Å². The van der Waals surface area contributed by atoms with Gasteiger partial charge in [-0.25, -0.2) is 4.98 Å². The molecule has 0 spiro atoms. The van der Waals surface area contributed by atoms with Crippen LogP contribution in [0, 0.1) is 0 Å². The van der Waals surface area contributed by atoms with Gasteiger partial charge in [0.05, 0.1) is 27.3 Å². The Balaban J connectivity index is 1.72. The molecule has 2 unspecified atom stereocenters. The number of fused-ring (bicyclic) bond motifs is 8. The highest BCUT2D eigenvalue weighted by Gasteiger charge is 2.32. The lowest BCUT2D eigenvalue weighted by molar-refractivity contribution is 0.911. The van der Waals surface area contributed by atoms with E-state index in [0.717, 1.165) is 11.3 Å². The third kappa shape index (κ3) is 1.46. The van der Waals surface area contributed by atoms with Crippen molar-refractivity contribution in [2.45, 2.75) is 16.1 Å². The molecule has 0 amide bonds. The minimum Gasteiger partial charge on any atom is -0.313 e. The van der Waals surface area contributed by atoms with Crippen LogP contribution in [0.2, 0.25) is 0 Å². The summed E-state index contributed by atoms with van der Waals surface area (Å²) in [6.07, 6.45) is 6.19. The molecule has 0 N–H and O–H groups in total. The first-order chi connectivity index (χ1) is 11.8. The van der Waals surface area contributed by atoms with Crippen LogP contribution in [0.15, 0.2) is 58.6 Å². The molecule has 0 fully saturated rings. The van der Waals surface area contributed by atoms with Crippen molar-refractivity contribution in [3.8, 4) is 0 Å². The van der Waals surface area contributed by atoms with Crippen molar-refractivity contribution in [1.82, 2.24) is 14.0 Å². The fourth-order valence-corrected chi connectivity index (χ4v) is 5.31. The molecule has 6 rings (SSSR count). The zero-order valence-electron chi connectivity index (χ0n) is 13.0. The Bertz CT molecular complexity index is 1210. The van der Waals surface area contributed by atoms with E-state index in [-0.39, 0.29) is 0 Å². The monoisotopic (exact) mass is 330 g/mol. The summed E-state index contributed by atoms with van der Waals surface area (Å²) < 4.78 is 4.45. The third-order valence-corrected chi connectivity index (χ3v) is 6.44. The number of aliphatic imine (C=N–C) groups is 1. The van der Waals surface area contributed by atoms with E-state index in [4.69, 9.17) is 4.98 Å². The number of benzene rings is 2. The van der Waals surface area contributed by atoms with Gasteiger partial charge >= 0.3 is 0 Å². The number of para-hydroxylation sites is 2. The zero-order valence-corrected chi connectivity index (χ0v) is 13.9. The summed E-state index contributed by atoms with van der Waals surface area (Å²) in [4.78, 5) is 10.6. The topological polar surface area (TPSA) is 34.6 Å². The van der Waals surface area contributed by atoms with Crippen LogP contribution in [0.4, 0.5) is 0 Å². The summed E-state index contributed by atoms with van der Waals surface area (Å²) in [6.45, 7) is 0. The number of imidazole rings is 2. The fraction of sp³-hybridized carbons (Fsp3) is 0.158. The molecule has 0 bridgehead atoms. The first kappa shape index (κ1) is 12.8. The zero-order chi connectivity index (χ0) is 15.8. The van der Waals surface area contributed by atoms with Gasteiger partial charge in [0.25, 0.3) is 0 Å². The molecule has 4 aromatic rings. The SMILES string of the molecule is Cn1c2ccccc2n2c3cc4c(cc3nc12)C1C=CN=CC1S4. The Morgan fingerprint density at radius 2 is 1.96 bits per heavy atom. The van der Waals surface area contributed by atoms with Gasteiger partial charge in [0.1, 0.15) is 0 Å². The molecule has 0 radical (unpaired) electrons. The normalized spacial score (nSPS) is 21.9. The smallest absolute Gasteiger partial charge is 0.215 e. The number of aryl methyl sites for hydroxylation is 1. The molecule has 0 saturated carbocycles. The van der Waals surface area contributed by atoms with Crippen LogP contribution in [-0.2, 0) is 7.05 Å². The van der Waals surface area contributed by atoms with Gasteiger partial charge in [-0.3, -0.25) is 9.39 Å². The Morgan fingerprint density at radius 1 is 1.08 bits per heavy atom. The number of nitrogens with zero attached hydrogens (tertiary/aromatic N) is 4. The van der Waals surface area contributed by atoms with Gasteiger partial charge in [-0.05, 0) is 29.8 Å². The van der Waals surface area contributed by atoms with Gasteiger partial charge in [-0.1, -0.05) is 18.2 Å². The average Bonchev–Trinajstić information content (AvgIpc) is 3.24. The second kappa shape index (κ2) is 4.30. The predicted molar refractivity (Wildman–Crippen MR) is 99.2 cm³/mol. The van der Waals surface area contributed by atoms with Gasteiger partial charge in [-0.15, -0.1) is 11.8 Å². The maximum Gasteiger partial charge on any atom is 0.215 e. The molecule has 2 aromatic heterocycles. The van der Waals surface area contributed by atoms with Crippen LogP contribution in [0.5, 0.6) is 0 Å². The van der Waals surface area contributed by atoms with Crippen LogP contribution in [0.25, 0.3) is 27.8 Å². The van der Waals surface area contributed by atoms with Crippen LogP contribution < -0.4 is 0 Å². The molecule has 24 heavy (non-hydrogen) atoms. The van der Waals surface area contributed by atoms with Crippen molar-refractivity contribution in [3.05, 3.63) is 54.2 Å². The van der Waals surface area contributed by atoms with E-state index in [1.54, 1.807) is 0 Å². The van der Waals surface area contributed by atoms with Gasteiger partial charge in [-0.2, -0.15) is 0 Å². The molecule has 5 heteroatoms. The average molecular weight is 330 g/mol. The van der Waals surface area contributed by atoms with Crippen molar-refractivity contribution >= 4 is 45.8 Å². The maximum absolute atomic E-state index is 4.93. The molecule has 116 valence electrons. The molecule has 2 atom stereocenters. The number of hydrogen-bond acceptors (Lipinski definition) is 3. The van der Waals surface area contributed by atoms with E-state index in [2.05, 4.69) is 69.7 Å². The van der Waals surface area contributed by atoms with Crippen LogP contribution in [-0.4, -0.2) is 25.4 Å². The van der Waals surface area contributed by atoms with E-state index in [1.807, 2.05) is 18.0 Å². The van der Waals surface area contributed by atoms with Crippen LogP contribution in [0.1, 0.15) is 11.5 Å². The van der Waals surface area contributed by atoms with E-state index in [9.17, 15) is 0 Å². The molecule has 0 saturated heterocycles. The van der Waals surface area contributed by atoms with E-state index < -0.39 is 0 Å². The summed E-state index contributed by atoms with van der Waals surface area (Å²) in [5.41, 5.74) is 6.06. The molecule has 2 aliphatic rings. The van der Waals surface area contributed by atoms with E-state index >= 15 is 0 Å². The lowest BCUT2D eigenvalue weighted by Gasteiger charge is -2.13. The molecule has 4 nitrogen and oxygen atoms in total. The van der Waals surface area contributed by atoms with E-state index in [1.165, 1.54) is 27.0 Å². The molecule has 2 aromatic carbocycles. The minimum atomic E-state index is 0.421. The molecular formula is C19H14N4S. The van der Waals surface area contributed by atoms with Crippen molar-refractivity contribution in [3.63, 3.8) is 0 Å². The standard InChI is InChI=1S/C19H14N4S/c1-22-14-4-2-3-5-15(14)23-16-9-17-12(8-13(16)21-19(22)23)11-6-7-20-10-18(11)24-17/h2-11,18H,1H3. The van der Waals surface area contributed by atoms with Crippen molar-refractivity contribution in [1.29, 1.82) is 0 Å². The largest absolute Gasteiger partial charge is 0.313 e. The summed E-state index contributed by atoms with van der Waals surface area (Å²) in [7, 11) is 2.09. The number of allylic oxidation sites excluding steroid dienone is 1. The molecule has 4 heterocycles.